The molecular weight excluding hydrogens is 340 g/mol. The summed E-state index contributed by atoms with van der Waals surface area (Å²) in [5.74, 6) is 0.672. The van der Waals surface area contributed by atoms with Gasteiger partial charge in [0.05, 0.1) is 11.6 Å². The zero-order valence-corrected chi connectivity index (χ0v) is 13.0. The summed E-state index contributed by atoms with van der Waals surface area (Å²) < 4.78 is 16.3. The van der Waals surface area contributed by atoms with E-state index in [1.807, 2.05) is 0 Å². The smallest absolute Gasteiger partial charge is 0.346 e. The van der Waals surface area contributed by atoms with Gasteiger partial charge < -0.3 is 14.2 Å². The molecule has 0 amide bonds. The number of carbonyl (C=O) groups is 1. The molecule has 1 heterocycles. The molecule has 110 valence electrons. The second-order valence-electron chi connectivity index (χ2n) is 4.04. The fourth-order valence-corrected chi connectivity index (χ4v) is 1.67. The van der Waals surface area contributed by atoms with Crippen molar-refractivity contribution in [2.75, 3.05) is 7.11 Å². The van der Waals surface area contributed by atoms with Gasteiger partial charge in [0.1, 0.15) is 11.5 Å². The SMILES string of the molecule is COC(=O)C(C)Oc1ccc(Oc2ncc(Br)cn2)cc1. The molecule has 0 bridgehead atoms. The molecule has 7 heteroatoms. The Kier molecular flexibility index (Phi) is 5.10. The van der Waals surface area contributed by atoms with Crippen molar-refractivity contribution < 1.29 is 19.0 Å². The Morgan fingerprint density at radius 2 is 1.71 bits per heavy atom. The zero-order chi connectivity index (χ0) is 15.2. The van der Waals surface area contributed by atoms with Crippen LogP contribution in [0.15, 0.2) is 41.1 Å². The van der Waals surface area contributed by atoms with Crippen LogP contribution in [0.2, 0.25) is 0 Å². The average molecular weight is 353 g/mol. The normalized spacial score (nSPS) is 11.6. The molecule has 2 aromatic rings. The third-order valence-electron chi connectivity index (χ3n) is 2.48. The maximum atomic E-state index is 11.3. The van der Waals surface area contributed by atoms with E-state index < -0.39 is 12.1 Å². The van der Waals surface area contributed by atoms with Crippen molar-refractivity contribution in [1.82, 2.24) is 9.97 Å². The van der Waals surface area contributed by atoms with Crippen LogP contribution < -0.4 is 9.47 Å². The lowest BCUT2D eigenvalue weighted by molar-refractivity contribution is -0.147. The van der Waals surface area contributed by atoms with Crippen LogP contribution in [0, 0.1) is 0 Å². The van der Waals surface area contributed by atoms with Gasteiger partial charge in [-0.2, -0.15) is 0 Å². The minimum Gasteiger partial charge on any atom is -0.479 e. The van der Waals surface area contributed by atoms with Crippen molar-refractivity contribution in [3.8, 4) is 17.5 Å². The van der Waals surface area contributed by atoms with Gasteiger partial charge in [0.2, 0.25) is 0 Å². The van der Waals surface area contributed by atoms with Gasteiger partial charge in [0.25, 0.3) is 0 Å². The monoisotopic (exact) mass is 352 g/mol. The van der Waals surface area contributed by atoms with Gasteiger partial charge in [0.15, 0.2) is 6.10 Å². The Labute approximate surface area is 130 Å². The third-order valence-corrected chi connectivity index (χ3v) is 2.88. The van der Waals surface area contributed by atoms with Gasteiger partial charge in [0, 0.05) is 12.4 Å². The lowest BCUT2D eigenvalue weighted by Gasteiger charge is -2.12. The largest absolute Gasteiger partial charge is 0.479 e. The van der Waals surface area contributed by atoms with Crippen LogP contribution in [0.1, 0.15) is 6.92 Å². The predicted molar refractivity (Wildman–Crippen MR) is 78.4 cm³/mol. The molecule has 6 nitrogen and oxygen atoms in total. The molecule has 0 fully saturated rings. The molecule has 0 saturated carbocycles. The Balaban J connectivity index is 1.98. The second-order valence-corrected chi connectivity index (χ2v) is 4.96. The van der Waals surface area contributed by atoms with Crippen molar-refractivity contribution in [3.05, 3.63) is 41.1 Å². The van der Waals surface area contributed by atoms with Crippen LogP contribution >= 0.6 is 15.9 Å². The summed E-state index contributed by atoms with van der Waals surface area (Å²) in [5, 5.41) is 0. The predicted octanol–water partition coefficient (Wildman–Crippen LogP) is 2.97. The molecule has 0 N–H and O–H groups in total. The average Bonchev–Trinajstić information content (AvgIpc) is 2.50. The van der Waals surface area contributed by atoms with Gasteiger partial charge in [-0.05, 0) is 47.1 Å². The number of nitrogens with zero attached hydrogens (tertiary/aromatic N) is 2. The van der Waals surface area contributed by atoms with Crippen molar-refractivity contribution in [3.63, 3.8) is 0 Å². The summed E-state index contributed by atoms with van der Waals surface area (Å²) in [5.41, 5.74) is 0. The number of hydrogen-bond acceptors (Lipinski definition) is 6. The molecule has 21 heavy (non-hydrogen) atoms. The first-order valence-electron chi connectivity index (χ1n) is 6.08. The number of rotatable bonds is 5. The number of aromatic nitrogens is 2. The van der Waals surface area contributed by atoms with Gasteiger partial charge in [-0.1, -0.05) is 0 Å². The molecule has 0 aliphatic heterocycles. The first kappa shape index (κ1) is 15.2. The minimum absolute atomic E-state index is 0.245. The summed E-state index contributed by atoms with van der Waals surface area (Å²) in [6.07, 6.45) is 2.52. The van der Waals surface area contributed by atoms with Crippen molar-refractivity contribution in [2.24, 2.45) is 0 Å². The highest BCUT2D eigenvalue weighted by Gasteiger charge is 2.14. The van der Waals surface area contributed by atoms with E-state index in [1.54, 1.807) is 43.6 Å². The summed E-state index contributed by atoms with van der Waals surface area (Å²) in [6, 6.07) is 7.02. The molecule has 1 aromatic carbocycles. The van der Waals surface area contributed by atoms with E-state index in [-0.39, 0.29) is 6.01 Å². The van der Waals surface area contributed by atoms with Gasteiger partial charge >= 0.3 is 12.0 Å². The lowest BCUT2D eigenvalue weighted by atomic mass is 10.3. The highest BCUT2D eigenvalue weighted by Crippen LogP contribution is 2.22. The van der Waals surface area contributed by atoms with Crippen LogP contribution in [0.3, 0.4) is 0 Å². The molecule has 0 spiro atoms. The Morgan fingerprint density at radius 3 is 2.29 bits per heavy atom. The molecule has 1 atom stereocenters. The Morgan fingerprint density at radius 1 is 1.14 bits per heavy atom. The van der Waals surface area contributed by atoms with Gasteiger partial charge in [-0.25, -0.2) is 14.8 Å². The quantitative estimate of drug-likeness (QED) is 0.770. The molecule has 0 aliphatic rings. The number of halogens is 1. The summed E-state index contributed by atoms with van der Waals surface area (Å²) in [4.78, 5) is 19.3. The molecule has 1 aromatic heterocycles. The standard InChI is InChI=1S/C14H13BrN2O4/c1-9(13(18)19-2)20-11-3-5-12(6-4-11)21-14-16-7-10(15)8-17-14/h3-9H,1-2H3. The fraction of sp³-hybridized carbons (Fsp3) is 0.214. The number of carbonyl (C=O) groups excluding carboxylic acids is 1. The van der Waals surface area contributed by atoms with Crippen molar-refractivity contribution in [2.45, 2.75) is 13.0 Å². The van der Waals surface area contributed by atoms with E-state index in [0.717, 1.165) is 4.47 Å². The molecule has 2 rings (SSSR count). The van der Waals surface area contributed by atoms with Gasteiger partial charge in [-0.3, -0.25) is 0 Å². The topological polar surface area (TPSA) is 70.5 Å². The molecule has 1 unspecified atom stereocenters. The van der Waals surface area contributed by atoms with E-state index in [9.17, 15) is 4.79 Å². The maximum absolute atomic E-state index is 11.3. The Hall–Kier alpha value is -2.15. The van der Waals surface area contributed by atoms with Crippen LogP contribution in [-0.4, -0.2) is 29.2 Å². The lowest BCUT2D eigenvalue weighted by Crippen LogP contribution is -2.24. The first-order valence-corrected chi connectivity index (χ1v) is 6.87. The highest BCUT2D eigenvalue weighted by atomic mass is 79.9. The zero-order valence-electron chi connectivity index (χ0n) is 11.4. The summed E-state index contributed by atoms with van der Waals surface area (Å²) in [6.45, 7) is 1.62. The van der Waals surface area contributed by atoms with E-state index in [1.165, 1.54) is 7.11 Å². The minimum atomic E-state index is -0.670. The van der Waals surface area contributed by atoms with E-state index in [2.05, 4.69) is 30.6 Å². The van der Waals surface area contributed by atoms with E-state index in [4.69, 9.17) is 9.47 Å². The van der Waals surface area contributed by atoms with Crippen LogP contribution in [-0.2, 0) is 9.53 Å². The van der Waals surface area contributed by atoms with Crippen molar-refractivity contribution >= 4 is 21.9 Å². The van der Waals surface area contributed by atoms with Gasteiger partial charge in [-0.15, -0.1) is 0 Å². The van der Waals surface area contributed by atoms with Crippen molar-refractivity contribution in [1.29, 1.82) is 0 Å². The third kappa shape index (κ3) is 4.42. The van der Waals surface area contributed by atoms with E-state index >= 15 is 0 Å². The number of hydrogen-bond donors (Lipinski definition) is 0. The summed E-state index contributed by atoms with van der Waals surface area (Å²) >= 11 is 3.25. The number of esters is 1. The second kappa shape index (κ2) is 7.03. The van der Waals surface area contributed by atoms with Crippen LogP contribution in [0.25, 0.3) is 0 Å². The van der Waals surface area contributed by atoms with E-state index in [0.29, 0.717) is 11.5 Å². The highest BCUT2D eigenvalue weighted by molar-refractivity contribution is 9.10. The number of benzene rings is 1. The summed E-state index contributed by atoms with van der Waals surface area (Å²) in [7, 11) is 1.32. The Bertz CT molecular complexity index is 601. The fourth-order valence-electron chi connectivity index (χ4n) is 1.46. The molecular formula is C14H13BrN2O4. The molecule has 0 aliphatic carbocycles. The number of ether oxygens (including phenoxy) is 3. The molecule has 0 radical (unpaired) electrons. The number of methoxy groups -OCH3 is 1. The first-order chi connectivity index (χ1) is 10.1. The van der Waals surface area contributed by atoms with Crippen LogP contribution in [0.4, 0.5) is 0 Å². The molecule has 0 saturated heterocycles. The maximum Gasteiger partial charge on any atom is 0.346 e. The van der Waals surface area contributed by atoms with Crippen LogP contribution in [0.5, 0.6) is 17.5 Å².